The molecule has 0 aliphatic carbocycles. The first-order valence-corrected chi connectivity index (χ1v) is 11.9. The molecule has 0 amide bonds. The number of hydrogen-bond acceptors (Lipinski definition) is 4. The maximum Gasteiger partial charge on any atom is 0.270 e. The lowest BCUT2D eigenvalue weighted by atomic mass is 9.96. The van der Waals surface area contributed by atoms with E-state index in [4.69, 9.17) is 0 Å². The van der Waals surface area contributed by atoms with E-state index >= 15 is 0 Å². The van der Waals surface area contributed by atoms with Crippen LogP contribution in [-0.2, 0) is 19.4 Å². The van der Waals surface area contributed by atoms with Crippen LogP contribution in [0.5, 0.6) is 0 Å². The second-order valence-electron chi connectivity index (χ2n) is 8.95. The Morgan fingerprint density at radius 3 is 2.61 bits per heavy atom. The zero-order chi connectivity index (χ0) is 22.8. The van der Waals surface area contributed by atoms with Crippen LogP contribution in [0, 0.1) is 0 Å². The van der Waals surface area contributed by atoms with Crippen molar-refractivity contribution < 1.29 is 0 Å². The van der Waals surface area contributed by atoms with Gasteiger partial charge in [-0.25, -0.2) is 0 Å². The maximum absolute atomic E-state index is 13.3. The molecule has 0 spiro atoms. The van der Waals surface area contributed by atoms with Crippen molar-refractivity contribution in [2.24, 2.45) is 0 Å². The van der Waals surface area contributed by atoms with E-state index in [1.165, 1.54) is 5.69 Å². The lowest BCUT2D eigenvalue weighted by Gasteiger charge is -2.26. The predicted octanol–water partition coefficient (Wildman–Crippen LogP) is 4.79. The summed E-state index contributed by atoms with van der Waals surface area (Å²) in [6, 6.07) is 17.0. The van der Waals surface area contributed by atoms with E-state index in [9.17, 15) is 4.79 Å². The fraction of sp³-hybridized carbons (Fsp3) is 0.385. The van der Waals surface area contributed by atoms with Crippen molar-refractivity contribution >= 4 is 0 Å². The maximum atomic E-state index is 13.3. The Labute approximate surface area is 193 Å². The van der Waals surface area contributed by atoms with Crippen LogP contribution in [-0.4, -0.2) is 30.0 Å². The van der Waals surface area contributed by atoms with Crippen molar-refractivity contribution in [3.05, 3.63) is 75.7 Å². The number of H-pyrrole nitrogens is 1. The third-order valence-corrected chi connectivity index (χ3v) is 6.71. The minimum Gasteiger partial charge on any atom is -0.284 e. The molecule has 5 rings (SSSR count). The van der Waals surface area contributed by atoms with E-state index in [1.807, 2.05) is 22.9 Å². The smallest absolute Gasteiger partial charge is 0.270 e. The van der Waals surface area contributed by atoms with Crippen molar-refractivity contribution in [1.82, 2.24) is 30.0 Å². The molecule has 0 bridgehead atoms. The number of tetrazole rings is 1. The number of hydrogen-bond donors (Lipinski definition) is 1. The summed E-state index contributed by atoms with van der Waals surface area (Å²) in [5.41, 5.74) is 6.64. The van der Waals surface area contributed by atoms with Crippen molar-refractivity contribution in [3.63, 3.8) is 0 Å². The summed E-state index contributed by atoms with van der Waals surface area (Å²) in [5, 5.41) is 14.5. The van der Waals surface area contributed by atoms with Crippen LogP contribution < -0.4 is 5.56 Å². The van der Waals surface area contributed by atoms with Crippen LogP contribution in [0.2, 0.25) is 0 Å². The van der Waals surface area contributed by atoms with Crippen molar-refractivity contribution in [2.75, 3.05) is 0 Å². The van der Waals surface area contributed by atoms with Gasteiger partial charge in [0, 0.05) is 35.8 Å². The first-order chi connectivity index (χ1) is 16.2. The minimum atomic E-state index is 0.194. The highest BCUT2D eigenvalue weighted by Gasteiger charge is 2.25. The number of nitrogens with one attached hydrogen (secondary N) is 1. The zero-order valence-electron chi connectivity index (χ0n) is 19.3. The van der Waals surface area contributed by atoms with Crippen molar-refractivity contribution in [3.8, 4) is 22.5 Å². The molecule has 2 aromatic carbocycles. The van der Waals surface area contributed by atoms with Crippen molar-refractivity contribution in [2.45, 2.75) is 65.0 Å². The lowest BCUT2D eigenvalue weighted by Crippen LogP contribution is -2.30. The van der Waals surface area contributed by atoms with Gasteiger partial charge in [0.15, 0.2) is 0 Å². The molecule has 2 aromatic heterocycles. The molecule has 1 N–H and O–H groups in total. The van der Waals surface area contributed by atoms with Gasteiger partial charge in [0.25, 0.3) is 5.56 Å². The molecule has 3 heterocycles. The number of nitrogens with zero attached hydrogens (tertiary/aromatic N) is 5. The number of benzene rings is 2. The monoisotopic (exact) mass is 442 g/mol. The van der Waals surface area contributed by atoms with E-state index < -0.39 is 0 Å². The molecule has 1 atom stereocenters. The highest BCUT2D eigenvalue weighted by molar-refractivity contribution is 5.80. The van der Waals surface area contributed by atoms with Crippen LogP contribution >= 0.6 is 0 Å². The molecule has 0 radical (unpaired) electrons. The third kappa shape index (κ3) is 4.03. The number of unbranched alkanes of at least 4 members (excludes halogenated alkanes) is 1. The van der Waals surface area contributed by atoms with E-state index in [-0.39, 0.29) is 5.56 Å². The molecule has 0 saturated carbocycles. The summed E-state index contributed by atoms with van der Waals surface area (Å²) in [6.07, 6.45) is 6.09. The molecular formula is C26H30N6O. The molecule has 1 aliphatic rings. The number of rotatable bonds is 7. The lowest BCUT2D eigenvalue weighted by molar-refractivity contribution is 0.286. The number of aromatic amines is 1. The summed E-state index contributed by atoms with van der Waals surface area (Å²) in [7, 11) is 0. The Morgan fingerprint density at radius 2 is 1.88 bits per heavy atom. The van der Waals surface area contributed by atoms with Gasteiger partial charge in [0.05, 0.1) is 0 Å². The largest absolute Gasteiger partial charge is 0.284 e. The van der Waals surface area contributed by atoms with Crippen LogP contribution in [0.25, 0.3) is 22.5 Å². The van der Waals surface area contributed by atoms with E-state index in [2.05, 4.69) is 69.5 Å². The molecule has 0 fully saturated rings. The number of aromatic nitrogens is 6. The SMILES string of the molecule is CCCCc1c(Cc2ccc(-c3ccccc3-c3nn[nH]n3)cc2)c(=O)n2n1C(C)CCC2. The summed E-state index contributed by atoms with van der Waals surface area (Å²) in [6.45, 7) is 5.28. The quantitative estimate of drug-likeness (QED) is 0.446. The second-order valence-corrected chi connectivity index (χ2v) is 8.95. The third-order valence-electron chi connectivity index (χ3n) is 6.71. The Morgan fingerprint density at radius 1 is 1.09 bits per heavy atom. The average Bonchev–Trinajstić information content (AvgIpc) is 3.47. The fourth-order valence-corrected chi connectivity index (χ4v) is 5.03. The van der Waals surface area contributed by atoms with Gasteiger partial charge in [0.2, 0.25) is 5.82 Å². The van der Waals surface area contributed by atoms with Gasteiger partial charge in [-0.3, -0.25) is 14.2 Å². The summed E-state index contributed by atoms with van der Waals surface area (Å²) in [5.74, 6) is 0.580. The zero-order valence-corrected chi connectivity index (χ0v) is 19.3. The fourth-order valence-electron chi connectivity index (χ4n) is 5.03. The van der Waals surface area contributed by atoms with Crippen LogP contribution in [0.1, 0.15) is 62.4 Å². The summed E-state index contributed by atoms with van der Waals surface area (Å²) in [4.78, 5) is 13.3. The van der Waals surface area contributed by atoms with E-state index in [0.29, 0.717) is 18.3 Å². The highest BCUT2D eigenvalue weighted by Crippen LogP contribution is 2.30. The molecule has 7 nitrogen and oxygen atoms in total. The molecule has 1 aliphatic heterocycles. The van der Waals surface area contributed by atoms with Gasteiger partial charge in [-0.2, -0.15) is 5.21 Å². The molecule has 4 aromatic rings. The van der Waals surface area contributed by atoms with Crippen LogP contribution in [0.4, 0.5) is 0 Å². The van der Waals surface area contributed by atoms with E-state index in [1.54, 1.807) is 0 Å². The molecule has 0 saturated heterocycles. The molecule has 1 unspecified atom stereocenters. The molecular weight excluding hydrogens is 412 g/mol. The minimum absolute atomic E-state index is 0.194. The van der Waals surface area contributed by atoms with E-state index in [0.717, 1.165) is 66.5 Å². The first-order valence-electron chi connectivity index (χ1n) is 11.9. The van der Waals surface area contributed by atoms with Gasteiger partial charge >= 0.3 is 0 Å². The van der Waals surface area contributed by atoms with Crippen molar-refractivity contribution in [1.29, 1.82) is 0 Å². The standard InChI is InChI=1S/C26H30N6O/c1-3-4-11-24-23(26(33)31-16-7-8-18(2)32(24)31)17-19-12-14-20(15-13-19)21-9-5-6-10-22(21)25-27-29-30-28-25/h5-6,9-10,12-15,18H,3-4,7-8,11,16-17H2,1-2H3,(H,27,28,29,30). The van der Waals surface area contributed by atoms with Crippen LogP contribution in [0.15, 0.2) is 53.3 Å². The normalized spacial score (nSPS) is 15.5. The first kappa shape index (κ1) is 21.4. The van der Waals surface area contributed by atoms with Gasteiger partial charge < -0.3 is 0 Å². The topological polar surface area (TPSA) is 81.4 Å². The Balaban J connectivity index is 1.47. The molecule has 170 valence electrons. The number of fused-ring (bicyclic) bond motifs is 1. The molecule has 7 heteroatoms. The van der Waals surface area contributed by atoms with Crippen LogP contribution in [0.3, 0.4) is 0 Å². The average molecular weight is 443 g/mol. The summed E-state index contributed by atoms with van der Waals surface area (Å²) >= 11 is 0. The molecule has 33 heavy (non-hydrogen) atoms. The Kier molecular flexibility index (Phi) is 5.94. The Bertz CT molecular complexity index is 1280. The summed E-state index contributed by atoms with van der Waals surface area (Å²) < 4.78 is 4.29. The van der Waals surface area contributed by atoms with Gasteiger partial charge in [-0.05, 0) is 54.5 Å². The van der Waals surface area contributed by atoms with Gasteiger partial charge in [-0.1, -0.05) is 61.9 Å². The van der Waals surface area contributed by atoms with Gasteiger partial charge in [0.1, 0.15) is 0 Å². The van der Waals surface area contributed by atoms with Gasteiger partial charge in [-0.15, -0.1) is 10.2 Å². The second kappa shape index (κ2) is 9.17. The highest BCUT2D eigenvalue weighted by atomic mass is 16.1. The predicted molar refractivity (Wildman–Crippen MR) is 129 cm³/mol. The Hall–Kier alpha value is -3.48.